The highest BCUT2D eigenvalue weighted by atomic mass is 79.9. The normalized spacial score (nSPS) is 11.9. The van der Waals surface area contributed by atoms with Crippen LogP contribution in [0.4, 0.5) is 0 Å². The molecule has 2 N–H and O–H groups in total. The number of benzene rings is 1. The standard InChI is InChI=1S/C20H27BrN6/c1-4-22-20(27(3)14-16-12-15(21)13-26(16)2)23-11-7-10-19-24-17-8-5-6-9-18(17)25-19/h5-6,8-9,12-13H,4,7,10-11,14H2,1-3H3,(H,22,23)(H,24,25). The van der Waals surface area contributed by atoms with E-state index < -0.39 is 0 Å². The van der Waals surface area contributed by atoms with Crippen molar-refractivity contribution in [1.82, 2.24) is 24.8 Å². The number of aromatic amines is 1. The van der Waals surface area contributed by atoms with Gasteiger partial charge in [0.25, 0.3) is 0 Å². The Kier molecular flexibility index (Phi) is 6.55. The molecule has 0 saturated heterocycles. The largest absolute Gasteiger partial charge is 0.357 e. The molecule has 3 aromatic rings. The van der Waals surface area contributed by atoms with E-state index in [4.69, 9.17) is 4.99 Å². The van der Waals surface area contributed by atoms with Crippen molar-refractivity contribution in [2.75, 3.05) is 20.1 Å². The van der Waals surface area contributed by atoms with Gasteiger partial charge in [0.15, 0.2) is 5.96 Å². The summed E-state index contributed by atoms with van der Waals surface area (Å²) >= 11 is 3.53. The van der Waals surface area contributed by atoms with Gasteiger partial charge in [-0.2, -0.15) is 0 Å². The van der Waals surface area contributed by atoms with Gasteiger partial charge in [-0.15, -0.1) is 0 Å². The van der Waals surface area contributed by atoms with Crippen LogP contribution in [0.2, 0.25) is 0 Å². The second-order valence-corrected chi connectivity index (χ2v) is 7.57. The molecule has 0 aliphatic rings. The molecule has 1 aromatic carbocycles. The van der Waals surface area contributed by atoms with Crippen LogP contribution in [0.25, 0.3) is 11.0 Å². The van der Waals surface area contributed by atoms with Crippen molar-refractivity contribution in [3.8, 4) is 0 Å². The lowest BCUT2D eigenvalue weighted by molar-refractivity contribution is 0.461. The van der Waals surface area contributed by atoms with Gasteiger partial charge in [-0.3, -0.25) is 4.99 Å². The zero-order chi connectivity index (χ0) is 19.2. The van der Waals surface area contributed by atoms with Crippen molar-refractivity contribution in [3.05, 3.63) is 52.5 Å². The first-order chi connectivity index (χ1) is 13.1. The molecule has 0 atom stereocenters. The minimum Gasteiger partial charge on any atom is -0.357 e. The third-order valence-corrected chi connectivity index (χ3v) is 4.88. The van der Waals surface area contributed by atoms with E-state index in [0.29, 0.717) is 0 Å². The summed E-state index contributed by atoms with van der Waals surface area (Å²) in [5.41, 5.74) is 3.35. The van der Waals surface area contributed by atoms with Gasteiger partial charge in [-0.05, 0) is 47.5 Å². The summed E-state index contributed by atoms with van der Waals surface area (Å²) in [7, 11) is 4.13. The molecule has 144 valence electrons. The predicted octanol–water partition coefficient (Wildman–Crippen LogP) is 3.69. The molecule has 0 bridgehead atoms. The van der Waals surface area contributed by atoms with Crippen molar-refractivity contribution in [3.63, 3.8) is 0 Å². The number of imidazole rings is 1. The Labute approximate surface area is 168 Å². The summed E-state index contributed by atoms with van der Waals surface area (Å²) in [5, 5.41) is 3.38. The molecule has 7 heteroatoms. The number of hydrogen-bond donors (Lipinski definition) is 2. The Morgan fingerprint density at radius 1 is 1.37 bits per heavy atom. The summed E-state index contributed by atoms with van der Waals surface area (Å²) in [4.78, 5) is 15.0. The Balaban J connectivity index is 1.56. The quantitative estimate of drug-likeness (QED) is 0.341. The van der Waals surface area contributed by atoms with Crippen LogP contribution in [0, 0.1) is 0 Å². The number of hydrogen-bond acceptors (Lipinski definition) is 2. The number of para-hydroxylation sites is 2. The number of aryl methyl sites for hydroxylation is 2. The topological polar surface area (TPSA) is 61.2 Å². The van der Waals surface area contributed by atoms with Crippen molar-refractivity contribution >= 4 is 32.9 Å². The predicted molar refractivity (Wildman–Crippen MR) is 115 cm³/mol. The minimum atomic E-state index is 0.764. The van der Waals surface area contributed by atoms with E-state index in [9.17, 15) is 0 Å². The van der Waals surface area contributed by atoms with Gasteiger partial charge >= 0.3 is 0 Å². The molecular weight excluding hydrogens is 404 g/mol. The summed E-state index contributed by atoms with van der Waals surface area (Å²) in [6.07, 6.45) is 3.92. The Morgan fingerprint density at radius 3 is 2.89 bits per heavy atom. The smallest absolute Gasteiger partial charge is 0.194 e. The van der Waals surface area contributed by atoms with Crippen LogP contribution in [0.5, 0.6) is 0 Å². The van der Waals surface area contributed by atoms with E-state index in [0.717, 1.165) is 59.8 Å². The number of nitrogens with one attached hydrogen (secondary N) is 2. The summed E-state index contributed by atoms with van der Waals surface area (Å²) in [6, 6.07) is 10.3. The first-order valence-electron chi connectivity index (χ1n) is 9.30. The van der Waals surface area contributed by atoms with Crippen molar-refractivity contribution in [1.29, 1.82) is 0 Å². The van der Waals surface area contributed by atoms with Gasteiger partial charge in [0.1, 0.15) is 5.82 Å². The van der Waals surface area contributed by atoms with E-state index in [1.54, 1.807) is 0 Å². The maximum atomic E-state index is 4.78. The Morgan fingerprint density at radius 2 is 2.19 bits per heavy atom. The molecule has 0 amide bonds. The number of rotatable bonds is 7. The number of H-pyrrole nitrogens is 1. The van der Waals surface area contributed by atoms with E-state index in [-0.39, 0.29) is 0 Å². The van der Waals surface area contributed by atoms with E-state index in [1.807, 2.05) is 18.2 Å². The molecule has 0 fully saturated rings. The highest BCUT2D eigenvalue weighted by molar-refractivity contribution is 9.10. The maximum Gasteiger partial charge on any atom is 0.194 e. The lowest BCUT2D eigenvalue weighted by atomic mass is 10.3. The Hall–Kier alpha value is -2.28. The highest BCUT2D eigenvalue weighted by Crippen LogP contribution is 2.15. The first-order valence-corrected chi connectivity index (χ1v) is 10.1. The Bertz CT molecular complexity index is 877. The van der Waals surface area contributed by atoms with Gasteiger partial charge in [0.2, 0.25) is 0 Å². The number of guanidine groups is 1. The fourth-order valence-electron chi connectivity index (χ4n) is 3.07. The summed E-state index contributed by atoms with van der Waals surface area (Å²) in [6.45, 7) is 4.51. The highest BCUT2D eigenvalue weighted by Gasteiger charge is 2.09. The zero-order valence-electron chi connectivity index (χ0n) is 16.2. The SMILES string of the molecule is CCNC(=NCCCc1nc2ccccc2[nH]1)N(C)Cc1cc(Br)cn1C. The molecule has 0 aliphatic carbocycles. The monoisotopic (exact) mass is 430 g/mol. The van der Waals surface area contributed by atoms with Gasteiger partial charge < -0.3 is 19.8 Å². The van der Waals surface area contributed by atoms with Gasteiger partial charge in [0, 0.05) is 50.0 Å². The third kappa shape index (κ3) is 5.13. The molecule has 27 heavy (non-hydrogen) atoms. The summed E-state index contributed by atoms with van der Waals surface area (Å²) < 4.78 is 3.23. The lowest BCUT2D eigenvalue weighted by Crippen LogP contribution is -2.38. The van der Waals surface area contributed by atoms with Crippen LogP contribution >= 0.6 is 15.9 Å². The van der Waals surface area contributed by atoms with E-state index in [2.05, 4.69) is 80.0 Å². The molecule has 0 unspecified atom stereocenters. The van der Waals surface area contributed by atoms with Crippen molar-refractivity contribution in [2.45, 2.75) is 26.3 Å². The molecular formula is C20H27BrN6. The van der Waals surface area contributed by atoms with Crippen molar-refractivity contribution in [2.24, 2.45) is 12.0 Å². The fourth-order valence-corrected chi connectivity index (χ4v) is 3.64. The molecule has 6 nitrogen and oxygen atoms in total. The average molecular weight is 431 g/mol. The number of halogens is 1. The number of aliphatic imine (C=N–C) groups is 1. The molecule has 0 spiro atoms. The minimum absolute atomic E-state index is 0.764. The van der Waals surface area contributed by atoms with E-state index >= 15 is 0 Å². The van der Waals surface area contributed by atoms with Gasteiger partial charge in [-0.1, -0.05) is 12.1 Å². The molecule has 0 aliphatic heterocycles. The second-order valence-electron chi connectivity index (χ2n) is 6.66. The van der Waals surface area contributed by atoms with Crippen LogP contribution in [0.15, 0.2) is 46.0 Å². The van der Waals surface area contributed by atoms with Crippen LogP contribution in [-0.4, -0.2) is 45.5 Å². The molecule has 2 aromatic heterocycles. The number of nitrogens with zero attached hydrogens (tertiary/aromatic N) is 4. The maximum absolute atomic E-state index is 4.78. The molecule has 3 rings (SSSR count). The number of fused-ring (bicyclic) bond motifs is 1. The van der Waals surface area contributed by atoms with Gasteiger partial charge in [-0.25, -0.2) is 4.98 Å². The zero-order valence-corrected chi connectivity index (χ0v) is 17.8. The first kappa shape index (κ1) is 19.5. The van der Waals surface area contributed by atoms with Crippen LogP contribution in [0.1, 0.15) is 24.9 Å². The molecule has 0 saturated carbocycles. The van der Waals surface area contributed by atoms with Crippen LogP contribution in [-0.2, 0) is 20.0 Å². The fraction of sp³-hybridized carbons (Fsp3) is 0.400. The molecule has 0 radical (unpaired) electrons. The lowest BCUT2D eigenvalue weighted by Gasteiger charge is -2.22. The third-order valence-electron chi connectivity index (χ3n) is 4.44. The van der Waals surface area contributed by atoms with Crippen molar-refractivity contribution < 1.29 is 0 Å². The van der Waals surface area contributed by atoms with Crippen LogP contribution in [0.3, 0.4) is 0 Å². The molecule has 2 heterocycles. The summed E-state index contributed by atoms with van der Waals surface area (Å²) in [5.74, 6) is 1.96. The average Bonchev–Trinajstić information content (AvgIpc) is 3.19. The number of aromatic nitrogens is 3. The van der Waals surface area contributed by atoms with Crippen LogP contribution < -0.4 is 5.32 Å². The second kappa shape index (κ2) is 9.08. The van der Waals surface area contributed by atoms with Gasteiger partial charge in [0.05, 0.1) is 17.6 Å². The van der Waals surface area contributed by atoms with E-state index in [1.165, 1.54) is 5.69 Å².